The Morgan fingerprint density at radius 2 is 1.90 bits per heavy atom. The molecule has 1 aliphatic heterocycles. The Balaban J connectivity index is 1.91. The molecular formula is C24H26N2O4. The molecule has 1 aromatic carbocycles. The molecule has 6 nitrogen and oxygen atoms in total. The quantitative estimate of drug-likeness (QED) is 0.759. The fourth-order valence-corrected chi connectivity index (χ4v) is 4.53. The molecule has 2 aliphatic rings. The van der Waals surface area contributed by atoms with E-state index in [0.717, 1.165) is 16.8 Å². The molecule has 156 valence electrons. The van der Waals surface area contributed by atoms with Gasteiger partial charge in [0.25, 0.3) is 0 Å². The van der Waals surface area contributed by atoms with Crippen molar-refractivity contribution in [3.63, 3.8) is 0 Å². The second-order valence-electron chi connectivity index (χ2n) is 8.61. The van der Waals surface area contributed by atoms with Crippen LogP contribution in [0.1, 0.15) is 44.6 Å². The lowest BCUT2D eigenvalue weighted by molar-refractivity contribution is -0.121. The van der Waals surface area contributed by atoms with E-state index in [-0.39, 0.29) is 29.4 Å². The van der Waals surface area contributed by atoms with Gasteiger partial charge in [-0.25, -0.2) is 0 Å². The molecule has 6 heteroatoms. The van der Waals surface area contributed by atoms with Crippen LogP contribution >= 0.6 is 0 Å². The third kappa shape index (κ3) is 3.47. The number of hydrogen-bond donors (Lipinski definition) is 0. The van der Waals surface area contributed by atoms with Crippen LogP contribution in [-0.4, -0.2) is 30.9 Å². The third-order valence-electron chi connectivity index (χ3n) is 5.86. The first-order valence-electron chi connectivity index (χ1n) is 10.1. The van der Waals surface area contributed by atoms with Gasteiger partial charge in [-0.2, -0.15) is 0 Å². The number of rotatable bonds is 4. The van der Waals surface area contributed by atoms with Gasteiger partial charge in [0.15, 0.2) is 5.78 Å². The number of benzene rings is 1. The highest BCUT2D eigenvalue weighted by Gasteiger charge is 2.45. The smallest absolute Gasteiger partial charge is 0.232 e. The summed E-state index contributed by atoms with van der Waals surface area (Å²) in [6.45, 7) is 4.13. The first kappa shape index (κ1) is 20.1. The van der Waals surface area contributed by atoms with Gasteiger partial charge in [-0.05, 0) is 35.6 Å². The largest absolute Gasteiger partial charge is 0.497 e. The van der Waals surface area contributed by atoms with Crippen molar-refractivity contribution >= 4 is 17.4 Å². The maximum atomic E-state index is 13.4. The number of hydrogen-bond acceptors (Lipinski definition) is 5. The van der Waals surface area contributed by atoms with E-state index in [2.05, 4.69) is 18.8 Å². The summed E-state index contributed by atoms with van der Waals surface area (Å²) in [5.74, 6) is 0.940. The molecule has 30 heavy (non-hydrogen) atoms. The van der Waals surface area contributed by atoms with Crippen molar-refractivity contribution in [2.24, 2.45) is 5.41 Å². The number of allylic oxidation sites excluding steroid dienone is 2. The summed E-state index contributed by atoms with van der Waals surface area (Å²) in [4.78, 5) is 32.6. The lowest BCUT2D eigenvalue weighted by atomic mass is 9.69. The Labute approximate surface area is 176 Å². The lowest BCUT2D eigenvalue weighted by Crippen LogP contribution is -2.43. The Morgan fingerprint density at radius 3 is 2.57 bits per heavy atom. The van der Waals surface area contributed by atoms with Gasteiger partial charge in [-0.3, -0.25) is 19.5 Å². The van der Waals surface area contributed by atoms with Gasteiger partial charge in [-0.1, -0.05) is 19.9 Å². The van der Waals surface area contributed by atoms with E-state index >= 15 is 0 Å². The summed E-state index contributed by atoms with van der Waals surface area (Å²) < 4.78 is 10.9. The topological polar surface area (TPSA) is 68.7 Å². The van der Waals surface area contributed by atoms with E-state index in [4.69, 9.17) is 9.47 Å². The molecule has 2 heterocycles. The zero-order chi connectivity index (χ0) is 21.5. The van der Waals surface area contributed by atoms with Crippen LogP contribution in [0.3, 0.4) is 0 Å². The normalized spacial score (nSPS) is 20.8. The van der Waals surface area contributed by atoms with E-state index in [0.29, 0.717) is 30.0 Å². The average Bonchev–Trinajstić information content (AvgIpc) is 2.72. The van der Waals surface area contributed by atoms with Crippen molar-refractivity contribution in [3.8, 4) is 11.5 Å². The molecule has 2 aromatic rings. The van der Waals surface area contributed by atoms with Crippen LogP contribution in [0.25, 0.3) is 0 Å². The SMILES string of the molecule is COc1ccc(N2C(=O)CC(c3cccnc3)C3=C2CC(C)(C)CC3=O)c(OC)c1. The summed E-state index contributed by atoms with van der Waals surface area (Å²) in [6, 6.07) is 9.15. The highest BCUT2D eigenvalue weighted by Crippen LogP contribution is 2.49. The Bertz CT molecular complexity index is 1030. The Hall–Kier alpha value is -3.15. The number of anilines is 1. The number of ketones is 1. The van der Waals surface area contributed by atoms with Crippen LogP contribution in [-0.2, 0) is 9.59 Å². The molecule has 4 rings (SSSR count). The molecule has 1 atom stereocenters. The molecule has 0 N–H and O–H groups in total. The molecule has 0 fully saturated rings. The Kier molecular flexibility index (Phi) is 5.10. The second kappa shape index (κ2) is 7.59. The zero-order valence-corrected chi connectivity index (χ0v) is 17.8. The molecule has 0 bridgehead atoms. The standard InChI is InChI=1S/C24H26N2O4/c1-24(2)12-19-23(20(27)13-24)17(15-6-5-9-25-14-15)11-22(28)26(19)18-8-7-16(29-3)10-21(18)30-4/h5-10,14,17H,11-13H2,1-4H3. The average molecular weight is 406 g/mol. The number of amides is 1. The van der Waals surface area contributed by atoms with E-state index in [1.165, 1.54) is 0 Å². The molecule has 0 spiro atoms. The highest BCUT2D eigenvalue weighted by molar-refractivity contribution is 6.08. The van der Waals surface area contributed by atoms with Crippen molar-refractivity contribution in [1.29, 1.82) is 0 Å². The third-order valence-corrected chi connectivity index (χ3v) is 5.86. The summed E-state index contributed by atoms with van der Waals surface area (Å²) in [5.41, 5.74) is 2.79. The number of ether oxygens (including phenoxy) is 2. The van der Waals surface area contributed by atoms with Crippen LogP contribution in [0, 0.1) is 5.41 Å². The van der Waals surface area contributed by atoms with Crippen LogP contribution < -0.4 is 14.4 Å². The van der Waals surface area contributed by atoms with Crippen molar-refractivity contribution in [1.82, 2.24) is 4.98 Å². The summed E-state index contributed by atoms with van der Waals surface area (Å²) in [6.07, 6.45) is 4.75. The zero-order valence-electron chi connectivity index (χ0n) is 17.8. The molecule has 1 aliphatic carbocycles. The fourth-order valence-electron chi connectivity index (χ4n) is 4.53. The minimum absolute atomic E-state index is 0.0587. The number of carbonyl (C=O) groups is 2. The van der Waals surface area contributed by atoms with Crippen molar-refractivity contribution < 1.29 is 19.1 Å². The van der Waals surface area contributed by atoms with E-state index < -0.39 is 0 Å². The second-order valence-corrected chi connectivity index (χ2v) is 8.61. The molecule has 0 saturated heterocycles. The number of aromatic nitrogens is 1. The molecule has 0 saturated carbocycles. The summed E-state index contributed by atoms with van der Waals surface area (Å²) in [7, 11) is 3.15. The van der Waals surface area contributed by atoms with Crippen molar-refractivity contribution in [3.05, 3.63) is 59.6 Å². The van der Waals surface area contributed by atoms with E-state index in [1.807, 2.05) is 18.2 Å². The predicted octanol–water partition coefficient (Wildman–Crippen LogP) is 4.26. The maximum Gasteiger partial charge on any atom is 0.232 e. The number of methoxy groups -OCH3 is 2. The van der Waals surface area contributed by atoms with E-state index in [9.17, 15) is 9.59 Å². The molecule has 1 aromatic heterocycles. The maximum absolute atomic E-state index is 13.4. The number of pyridine rings is 1. The lowest BCUT2D eigenvalue weighted by Gasteiger charge is -2.43. The molecule has 1 unspecified atom stereocenters. The monoisotopic (exact) mass is 406 g/mol. The van der Waals surface area contributed by atoms with Crippen molar-refractivity contribution in [2.75, 3.05) is 19.1 Å². The van der Waals surface area contributed by atoms with Crippen LogP contribution in [0.15, 0.2) is 54.0 Å². The Morgan fingerprint density at radius 1 is 1.10 bits per heavy atom. The minimum Gasteiger partial charge on any atom is -0.497 e. The van der Waals surface area contributed by atoms with Crippen LogP contribution in [0.2, 0.25) is 0 Å². The predicted molar refractivity (Wildman–Crippen MR) is 114 cm³/mol. The number of carbonyl (C=O) groups excluding carboxylic acids is 2. The van der Waals surface area contributed by atoms with Gasteiger partial charge >= 0.3 is 0 Å². The first-order chi connectivity index (χ1) is 14.3. The number of nitrogens with zero attached hydrogens (tertiary/aromatic N) is 2. The van der Waals surface area contributed by atoms with Crippen molar-refractivity contribution in [2.45, 2.75) is 39.0 Å². The van der Waals surface area contributed by atoms with Gasteiger partial charge < -0.3 is 9.47 Å². The summed E-state index contributed by atoms with van der Waals surface area (Å²) >= 11 is 0. The van der Waals surface area contributed by atoms with E-state index in [1.54, 1.807) is 43.6 Å². The van der Waals surface area contributed by atoms with Crippen LogP contribution in [0.5, 0.6) is 11.5 Å². The molecule has 1 amide bonds. The summed E-state index contributed by atoms with van der Waals surface area (Å²) in [5, 5.41) is 0. The van der Waals surface area contributed by atoms with Gasteiger partial charge in [-0.15, -0.1) is 0 Å². The number of Topliss-reactive ketones (excluding diaryl/α,β-unsaturated/α-hetero) is 1. The van der Waals surface area contributed by atoms with Gasteiger partial charge in [0, 0.05) is 48.5 Å². The minimum atomic E-state index is -0.273. The fraction of sp³-hybridized carbons (Fsp3) is 0.375. The van der Waals surface area contributed by atoms with Gasteiger partial charge in [0.05, 0.1) is 19.9 Å². The molecule has 0 radical (unpaired) electrons. The van der Waals surface area contributed by atoms with Gasteiger partial charge in [0.2, 0.25) is 5.91 Å². The molecular weight excluding hydrogens is 380 g/mol. The van der Waals surface area contributed by atoms with Crippen LogP contribution in [0.4, 0.5) is 5.69 Å². The highest BCUT2D eigenvalue weighted by atomic mass is 16.5. The van der Waals surface area contributed by atoms with Gasteiger partial charge in [0.1, 0.15) is 11.5 Å². The first-order valence-corrected chi connectivity index (χ1v) is 10.1.